The minimum absolute atomic E-state index is 0.257. The summed E-state index contributed by atoms with van der Waals surface area (Å²) in [5.41, 5.74) is -0.254. The molecule has 0 radical (unpaired) electrons. The van der Waals surface area contributed by atoms with Gasteiger partial charge >= 0.3 is 6.09 Å². The standard InChI is InChI=1S/C17H22N2O6S/c1-17(2,3)25-16(22)18-11(10-26(4,23)24)9-19-14(20)12-7-5-6-8-13(12)15(19)21/h5-8,11H,9-10H2,1-4H3,(H,18,22). The molecular weight excluding hydrogens is 360 g/mol. The maximum Gasteiger partial charge on any atom is 0.407 e. The lowest BCUT2D eigenvalue weighted by Crippen LogP contribution is -2.50. The second kappa shape index (κ2) is 7.06. The Morgan fingerprint density at radius 1 is 1.15 bits per heavy atom. The predicted molar refractivity (Wildman–Crippen MR) is 94.7 cm³/mol. The second-order valence-corrected chi connectivity index (χ2v) is 9.39. The molecule has 0 saturated carbocycles. The van der Waals surface area contributed by atoms with Crippen molar-refractivity contribution in [1.29, 1.82) is 0 Å². The number of sulfone groups is 1. The minimum Gasteiger partial charge on any atom is -0.444 e. The second-order valence-electron chi connectivity index (χ2n) is 7.20. The highest BCUT2D eigenvalue weighted by atomic mass is 32.2. The molecule has 0 spiro atoms. The molecule has 0 saturated heterocycles. The number of imide groups is 1. The zero-order valence-electron chi connectivity index (χ0n) is 15.1. The third-order valence-corrected chi connectivity index (χ3v) is 4.51. The fourth-order valence-electron chi connectivity index (χ4n) is 2.61. The van der Waals surface area contributed by atoms with Crippen LogP contribution in [0, 0.1) is 0 Å². The van der Waals surface area contributed by atoms with Crippen molar-refractivity contribution in [2.24, 2.45) is 0 Å². The first-order chi connectivity index (χ1) is 11.9. The van der Waals surface area contributed by atoms with E-state index in [1.807, 2.05) is 0 Å². The summed E-state index contributed by atoms with van der Waals surface area (Å²) in [4.78, 5) is 37.8. The Morgan fingerprint density at radius 3 is 2.08 bits per heavy atom. The zero-order valence-corrected chi connectivity index (χ0v) is 15.9. The van der Waals surface area contributed by atoms with Crippen molar-refractivity contribution >= 4 is 27.7 Å². The Bertz CT molecular complexity index is 806. The molecule has 26 heavy (non-hydrogen) atoms. The van der Waals surface area contributed by atoms with Crippen LogP contribution in [0.2, 0.25) is 0 Å². The first-order valence-corrected chi connectivity index (χ1v) is 10.1. The number of carbonyl (C=O) groups excluding carboxylic acids is 3. The minimum atomic E-state index is -3.48. The Kier molecular flexibility index (Phi) is 5.41. The molecular formula is C17H22N2O6S. The highest BCUT2D eigenvalue weighted by Gasteiger charge is 2.37. The first-order valence-electron chi connectivity index (χ1n) is 8.00. The summed E-state index contributed by atoms with van der Waals surface area (Å²) in [7, 11) is -3.48. The summed E-state index contributed by atoms with van der Waals surface area (Å²) in [5, 5.41) is 2.44. The number of alkyl carbamates (subject to hydrolysis) is 1. The molecule has 0 aliphatic carbocycles. The predicted octanol–water partition coefficient (Wildman–Crippen LogP) is 1.22. The van der Waals surface area contributed by atoms with Crippen molar-refractivity contribution in [3.8, 4) is 0 Å². The van der Waals surface area contributed by atoms with Crippen LogP contribution in [0.4, 0.5) is 4.79 Å². The molecule has 9 heteroatoms. The number of nitrogens with zero attached hydrogens (tertiary/aromatic N) is 1. The molecule has 1 aromatic rings. The van der Waals surface area contributed by atoms with Gasteiger partial charge in [0, 0.05) is 6.26 Å². The van der Waals surface area contributed by atoms with Crippen LogP contribution in [0.3, 0.4) is 0 Å². The van der Waals surface area contributed by atoms with Crippen LogP contribution in [-0.2, 0) is 14.6 Å². The van der Waals surface area contributed by atoms with Gasteiger partial charge in [-0.1, -0.05) is 12.1 Å². The first kappa shape index (κ1) is 19.9. The number of carbonyl (C=O) groups is 3. The summed E-state index contributed by atoms with van der Waals surface area (Å²) in [6, 6.07) is 5.35. The number of hydrogen-bond acceptors (Lipinski definition) is 6. The molecule has 3 amide bonds. The topological polar surface area (TPSA) is 110 Å². The lowest BCUT2D eigenvalue weighted by Gasteiger charge is -2.25. The SMILES string of the molecule is CC(C)(C)OC(=O)NC(CN1C(=O)c2ccccc2C1=O)CS(C)(=O)=O. The number of rotatable bonds is 5. The quantitative estimate of drug-likeness (QED) is 0.767. The summed E-state index contributed by atoms with van der Waals surface area (Å²) >= 11 is 0. The van der Waals surface area contributed by atoms with Crippen LogP contribution < -0.4 is 5.32 Å². The molecule has 1 unspecified atom stereocenters. The van der Waals surface area contributed by atoms with Crippen molar-refractivity contribution in [2.75, 3.05) is 18.6 Å². The molecule has 0 fully saturated rings. The molecule has 2 rings (SSSR count). The van der Waals surface area contributed by atoms with Crippen molar-refractivity contribution in [2.45, 2.75) is 32.4 Å². The Morgan fingerprint density at radius 2 is 1.65 bits per heavy atom. The van der Waals surface area contributed by atoms with Crippen molar-refractivity contribution in [1.82, 2.24) is 10.2 Å². The smallest absolute Gasteiger partial charge is 0.407 e. The average Bonchev–Trinajstić information content (AvgIpc) is 2.69. The fourth-order valence-corrected chi connectivity index (χ4v) is 3.52. The van der Waals surface area contributed by atoms with E-state index in [0.29, 0.717) is 0 Å². The average molecular weight is 382 g/mol. The lowest BCUT2D eigenvalue weighted by molar-refractivity contribution is 0.0476. The van der Waals surface area contributed by atoms with Gasteiger partial charge < -0.3 is 10.1 Å². The van der Waals surface area contributed by atoms with Crippen LogP contribution in [-0.4, -0.2) is 61.4 Å². The van der Waals surface area contributed by atoms with Gasteiger partial charge in [0.05, 0.1) is 29.5 Å². The van der Waals surface area contributed by atoms with Crippen molar-refractivity contribution < 1.29 is 27.5 Å². The highest BCUT2D eigenvalue weighted by Crippen LogP contribution is 2.22. The highest BCUT2D eigenvalue weighted by molar-refractivity contribution is 7.90. The Hall–Kier alpha value is -2.42. The van der Waals surface area contributed by atoms with Gasteiger partial charge in [-0.2, -0.15) is 0 Å². The van der Waals surface area contributed by atoms with Crippen LogP contribution in [0.1, 0.15) is 41.5 Å². The summed E-state index contributed by atoms with van der Waals surface area (Å²) in [5.74, 6) is -1.47. The maximum atomic E-state index is 12.4. The van der Waals surface area contributed by atoms with Crippen LogP contribution in [0.15, 0.2) is 24.3 Å². The van der Waals surface area contributed by atoms with E-state index in [4.69, 9.17) is 4.74 Å². The van der Waals surface area contributed by atoms with Crippen molar-refractivity contribution in [3.05, 3.63) is 35.4 Å². The third kappa shape index (κ3) is 5.04. The van der Waals surface area contributed by atoms with Gasteiger partial charge in [0.15, 0.2) is 0 Å². The molecule has 0 bridgehead atoms. The molecule has 142 valence electrons. The van der Waals surface area contributed by atoms with E-state index >= 15 is 0 Å². The molecule has 1 aliphatic heterocycles. The monoisotopic (exact) mass is 382 g/mol. The summed E-state index contributed by atoms with van der Waals surface area (Å²) in [6.45, 7) is 4.74. The number of ether oxygens (including phenoxy) is 1. The van der Waals surface area contributed by atoms with E-state index in [1.54, 1.807) is 32.9 Å². The number of benzene rings is 1. The van der Waals surface area contributed by atoms with Gasteiger partial charge in [0.25, 0.3) is 11.8 Å². The van der Waals surface area contributed by atoms with Crippen LogP contribution in [0.25, 0.3) is 0 Å². The van der Waals surface area contributed by atoms with Gasteiger partial charge in [0.1, 0.15) is 15.4 Å². The lowest BCUT2D eigenvalue weighted by atomic mass is 10.1. The largest absolute Gasteiger partial charge is 0.444 e. The van der Waals surface area contributed by atoms with Gasteiger partial charge in [-0.25, -0.2) is 13.2 Å². The van der Waals surface area contributed by atoms with Crippen LogP contribution in [0.5, 0.6) is 0 Å². The molecule has 8 nitrogen and oxygen atoms in total. The van der Waals surface area contributed by atoms with E-state index in [1.165, 1.54) is 12.1 Å². The van der Waals surface area contributed by atoms with E-state index < -0.39 is 45.1 Å². The molecule has 1 aromatic carbocycles. The Labute approximate surface area is 152 Å². The van der Waals surface area contributed by atoms with E-state index in [9.17, 15) is 22.8 Å². The van der Waals surface area contributed by atoms with E-state index in [2.05, 4.69) is 5.32 Å². The summed E-state index contributed by atoms with van der Waals surface area (Å²) < 4.78 is 28.5. The number of nitrogens with one attached hydrogen (secondary N) is 1. The fraction of sp³-hybridized carbons (Fsp3) is 0.471. The van der Waals surface area contributed by atoms with Gasteiger partial charge in [-0.05, 0) is 32.9 Å². The maximum absolute atomic E-state index is 12.4. The van der Waals surface area contributed by atoms with Crippen molar-refractivity contribution in [3.63, 3.8) is 0 Å². The van der Waals surface area contributed by atoms with Gasteiger partial charge in [0.2, 0.25) is 0 Å². The molecule has 1 atom stereocenters. The number of hydrogen-bond donors (Lipinski definition) is 1. The Balaban J connectivity index is 2.18. The van der Waals surface area contributed by atoms with Gasteiger partial charge in [-0.3, -0.25) is 14.5 Å². The molecule has 1 N–H and O–H groups in total. The number of amides is 3. The number of fused-ring (bicyclic) bond motifs is 1. The van der Waals surface area contributed by atoms with Gasteiger partial charge in [-0.15, -0.1) is 0 Å². The van der Waals surface area contributed by atoms with E-state index in [-0.39, 0.29) is 17.7 Å². The summed E-state index contributed by atoms with van der Waals surface area (Å²) in [6.07, 6.45) is 0.196. The van der Waals surface area contributed by atoms with Crippen LogP contribution >= 0.6 is 0 Å². The molecule has 0 aromatic heterocycles. The normalized spacial score (nSPS) is 15.6. The zero-order chi connectivity index (χ0) is 19.7. The third-order valence-electron chi connectivity index (χ3n) is 3.51. The molecule has 1 heterocycles. The van der Waals surface area contributed by atoms with E-state index in [0.717, 1.165) is 11.2 Å². The molecule has 1 aliphatic rings.